The Balaban J connectivity index is 1.94. The third-order valence-electron chi connectivity index (χ3n) is 4.99. The molecule has 0 spiro atoms. The van der Waals surface area contributed by atoms with Gasteiger partial charge >= 0.3 is 5.97 Å². The Morgan fingerprint density at radius 2 is 1.76 bits per heavy atom. The number of hydrogen-bond acceptors (Lipinski definition) is 8. The zero-order valence-corrected chi connectivity index (χ0v) is 23.5. The number of anilines is 2. The highest BCUT2D eigenvalue weighted by Gasteiger charge is 2.30. The fourth-order valence-corrected chi connectivity index (χ4v) is 6.40. The number of rotatable bonds is 10. The summed E-state index contributed by atoms with van der Waals surface area (Å²) in [4.78, 5) is 24.8. The normalized spacial score (nSPS) is 11.1. The van der Waals surface area contributed by atoms with E-state index in [0.717, 1.165) is 15.6 Å². The molecule has 3 rings (SSSR count). The SMILES string of the molecule is CCOC(=O)c1cc(Cl)cc(NC(=O)c2sc(Cl)cc2S(=O)(=O)N(C)c2ccc(OCC)c(OC)c2)c1. The van der Waals surface area contributed by atoms with Crippen molar-refractivity contribution in [3.05, 3.63) is 62.3 Å². The minimum absolute atomic E-state index is 0.0969. The predicted molar refractivity (Wildman–Crippen MR) is 144 cm³/mol. The van der Waals surface area contributed by atoms with Gasteiger partial charge in [-0.1, -0.05) is 23.2 Å². The van der Waals surface area contributed by atoms with Gasteiger partial charge in [0.05, 0.1) is 35.9 Å². The molecule has 0 atom stereocenters. The van der Waals surface area contributed by atoms with Crippen LogP contribution in [0.5, 0.6) is 11.5 Å². The summed E-state index contributed by atoms with van der Waals surface area (Å²) < 4.78 is 44.0. The lowest BCUT2D eigenvalue weighted by molar-refractivity contribution is 0.0526. The van der Waals surface area contributed by atoms with E-state index >= 15 is 0 Å². The van der Waals surface area contributed by atoms with E-state index in [1.54, 1.807) is 19.1 Å². The van der Waals surface area contributed by atoms with Crippen LogP contribution in [0.1, 0.15) is 33.9 Å². The molecule has 0 saturated carbocycles. The van der Waals surface area contributed by atoms with Crippen LogP contribution in [0, 0.1) is 0 Å². The van der Waals surface area contributed by atoms with Gasteiger partial charge in [-0.25, -0.2) is 13.2 Å². The zero-order chi connectivity index (χ0) is 27.3. The molecule has 2 aromatic carbocycles. The van der Waals surface area contributed by atoms with E-state index in [4.69, 9.17) is 37.4 Å². The molecule has 0 aliphatic rings. The van der Waals surface area contributed by atoms with Crippen molar-refractivity contribution in [3.8, 4) is 11.5 Å². The van der Waals surface area contributed by atoms with Crippen molar-refractivity contribution in [2.24, 2.45) is 0 Å². The average molecular weight is 588 g/mol. The van der Waals surface area contributed by atoms with Crippen LogP contribution in [0.2, 0.25) is 9.36 Å². The van der Waals surface area contributed by atoms with Crippen molar-refractivity contribution in [1.82, 2.24) is 0 Å². The summed E-state index contributed by atoms with van der Waals surface area (Å²) in [6.45, 7) is 4.05. The molecule has 1 amide bonds. The van der Waals surface area contributed by atoms with Crippen LogP contribution in [-0.2, 0) is 14.8 Å². The number of methoxy groups -OCH3 is 1. The highest BCUT2D eigenvalue weighted by Crippen LogP contribution is 2.37. The summed E-state index contributed by atoms with van der Waals surface area (Å²) in [6, 6.07) is 10.1. The second kappa shape index (κ2) is 12.0. The lowest BCUT2D eigenvalue weighted by atomic mass is 10.2. The Labute approximate surface area is 228 Å². The van der Waals surface area contributed by atoms with Gasteiger partial charge in [0, 0.05) is 23.8 Å². The molecule has 1 N–H and O–H groups in total. The topological polar surface area (TPSA) is 111 Å². The van der Waals surface area contributed by atoms with Crippen LogP contribution in [0.25, 0.3) is 0 Å². The number of hydrogen-bond donors (Lipinski definition) is 1. The van der Waals surface area contributed by atoms with Gasteiger partial charge in [-0.3, -0.25) is 9.10 Å². The lowest BCUT2D eigenvalue weighted by Crippen LogP contribution is -2.28. The van der Waals surface area contributed by atoms with E-state index in [1.165, 1.54) is 44.5 Å². The third-order valence-corrected chi connectivity index (χ3v) is 8.41. The summed E-state index contributed by atoms with van der Waals surface area (Å²) in [6.07, 6.45) is 0. The molecule has 13 heteroatoms. The smallest absolute Gasteiger partial charge is 0.338 e. The molecule has 37 heavy (non-hydrogen) atoms. The molecule has 9 nitrogen and oxygen atoms in total. The van der Waals surface area contributed by atoms with E-state index in [-0.39, 0.29) is 42.7 Å². The quantitative estimate of drug-likeness (QED) is 0.302. The summed E-state index contributed by atoms with van der Waals surface area (Å²) >= 11 is 13.0. The van der Waals surface area contributed by atoms with Gasteiger partial charge in [0.15, 0.2) is 11.5 Å². The Bertz CT molecular complexity index is 1420. The Morgan fingerprint density at radius 1 is 1.03 bits per heavy atom. The van der Waals surface area contributed by atoms with Gasteiger partial charge in [-0.05, 0) is 50.2 Å². The van der Waals surface area contributed by atoms with Crippen molar-refractivity contribution in [2.75, 3.05) is 37.0 Å². The third kappa shape index (κ3) is 6.48. The molecule has 3 aromatic rings. The number of halogens is 2. The first-order valence-corrected chi connectivity index (χ1v) is 13.9. The van der Waals surface area contributed by atoms with Crippen LogP contribution in [-0.4, -0.2) is 47.7 Å². The summed E-state index contributed by atoms with van der Waals surface area (Å²) in [7, 11) is -1.43. The molecule has 0 bridgehead atoms. The van der Waals surface area contributed by atoms with Crippen LogP contribution >= 0.6 is 34.5 Å². The molecule has 0 radical (unpaired) electrons. The van der Waals surface area contributed by atoms with E-state index in [9.17, 15) is 18.0 Å². The minimum atomic E-state index is -4.22. The van der Waals surface area contributed by atoms with Crippen LogP contribution < -0.4 is 19.1 Å². The number of nitrogens with one attached hydrogen (secondary N) is 1. The Kier molecular flexibility index (Phi) is 9.30. The van der Waals surface area contributed by atoms with Gasteiger partial charge in [-0.15, -0.1) is 11.3 Å². The molecule has 0 aliphatic carbocycles. The number of nitrogens with zero attached hydrogens (tertiary/aromatic N) is 1. The first kappa shape index (κ1) is 28.6. The largest absolute Gasteiger partial charge is 0.493 e. The molecular weight excluding hydrogens is 563 g/mol. The second-order valence-electron chi connectivity index (χ2n) is 7.39. The standard InChI is InChI=1S/C24H24Cl2N2O7S2/c1-5-34-18-8-7-17(12-19(18)33-4)28(3)37(31,32)20-13-21(26)36-22(20)23(29)27-16-10-14(9-15(25)11-16)24(30)35-6-2/h7-13H,5-6H2,1-4H3,(H,27,29). The molecule has 0 fully saturated rings. The van der Waals surface area contributed by atoms with E-state index in [0.29, 0.717) is 18.1 Å². The van der Waals surface area contributed by atoms with Crippen molar-refractivity contribution in [1.29, 1.82) is 0 Å². The summed E-state index contributed by atoms with van der Waals surface area (Å²) in [5.74, 6) is -0.552. The minimum Gasteiger partial charge on any atom is -0.493 e. The number of benzene rings is 2. The van der Waals surface area contributed by atoms with Crippen LogP contribution in [0.15, 0.2) is 47.4 Å². The lowest BCUT2D eigenvalue weighted by Gasteiger charge is -2.21. The highest BCUT2D eigenvalue weighted by atomic mass is 35.5. The fraction of sp³-hybridized carbons (Fsp3) is 0.250. The number of carbonyl (C=O) groups excluding carboxylic acids is 2. The summed E-state index contributed by atoms with van der Waals surface area (Å²) in [5.41, 5.74) is 0.590. The zero-order valence-electron chi connectivity index (χ0n) is 20.3. The summed E-state index contributed by atoms with van der Waals surface area (Å²) in [5, 5.41) is 2.76. The maximum absolute atomic E-state index is 13.5. The van der Waals surface area contributed by atoms with Crippen molar-refractivity contribution >= 4 is 67.8 Å². The van der Waals surface area contributed by atoms with Gasteiger partial charge in [0.1, 0.15) is 9.77 Å². The molecule has 0 unspecified atom stereocenters. The maximum atomic E-state index is 13.5. The number of thiophene rings is 1. The second-order valence-corrected chi connectivity index (χ2v) is 11.4. The van der Waals surface area contributed by atoms with Crippen molar-refractivity contribution < 1.29 is 32.2 Å². The maximum Gasteiger partial charge on any atom is 0.338 e. The average Bonchev–Trinajstić information content (AvgIpc) is 3.26. The van der Waals surface area contributed by atoms with Crippen LogP contribution in [0.4, 0.5) is 11.4 Å². The number of carbonyl (C=O) groups is 2. The first-order chi connectivity index (χ1) is 17.5. The molecule has 198 valence electrons. The number of esters is 1. The molecule has 0 saturated heterocycles. The van der Waals surface area contributed by atoms with E-state index in [2.05, 4.69) is 5.32 Å². The Hall–Kier alpha value is -2.99. The van der Waals surface area contributed by atoms with E-state index < -0.39 is 21.9 Å². The van der Waals surface area contributed by atoms with Crippen molar-refractivity contribution in [2.45, 2.75) is 18.7 Å². The van der Waals surface area contributed by atoms with Crippen LogP contribution in [0.3, 0.4) is 0 Å². The molecule has 1 heterocycles. The monoisotopic (exact) mass is 586 g/mol. The van der Waals surface area contributed by atoms with Gasteiger partial charge in [0.2, 0.25) is 0 Å². The number of ether oxygens (including phenoxy) is 3. The fourth-order valence-electron chi connectivity index (χ4n) is 3.29. The predicted octanol–water partition coefficient (Wildman–Crippen LogP) is 5.72. The molecule has 0 aliphatic heterocycles. The van der Waals surface area contributed by atoms with E-state index in [1.807, 2.05) is 6.92 Å². The molecule has 1 aromatic heterocycles. The number of sulfonamides is 1. The highest BCUT2D eigenvalue weighted by molar-refractivity contribution is 7.93. The van der Waals surface area contributed by atoms with Gasteiger partial charge in [-0.2, -0.15) is 0 Å². The first-order valence-electron chi connectivity index (χ1n) is 10.9. The van der Waals surface area contributed by atoms with Gasteiger partial charge < -0.3 is 19.5 Å². The van der Waals surface area contributed by atoms with Crippen molar-refractivity contribution in [3.63, 3.8) is 0 Å². The number of amides is 1. The molecular formula is C24H24Cl2N2O7S2. The Morgan fingerprint density at radius 3 is 2.41 bits per heavy atom. The van der Waals surface area contributed by atoms with Gasteiger partial charge in [0.25, 0.3) is 15.9 Å².